The fraction of sp³-hybridized carbons (Fsp3) is 0.571. The largest absolute Gasteiger partial charge is 0.410 e. The molecule has 0 spiro atoms. The molecule has 3 fully saturated rings. The molecular formula is C28H34F4N6O4. The Hall–Kier alpha value is -3.68. The molecule has 2 saturated carbocycles. The molecule has 2 aliphatic carbocycles. The monoisotopic (exact) mass is 594 g/mol. The van der Waals surface area contributed by atoms with Gasteiger partial charge in [-0.25, -0.2) is 9.18 Å². The highest BCUT2D eigenvalue weighted by molar-refractivity contribution is 6.00. The van der Waals surface area contributed by atoms with Crippen LogP contribution < -0.4 is 16.0 Å². The fourth-order valence-electron chi connectivity index (χ4n) is 5.81. The maximum absolute atomic E-state index is 15.4. The number of nitrogens with one attached hydrogen (secondary N) is 3. The average molecular weight is 595 g/mol. The van der Waals surface area contributed by atoms with Crippen molar-refractivity contribution in [2.24, 2.45) is 17.8 Å². The Bertz CT molecular complexity index is 1310. The molecule has 14 heteroatoms. The van der Waals surface area contributed by atoms with Crippen LogP contribution in [0.25, 0.3) is 0 Å². The summed E-state index contributed by atoms with van der Waals surface area (Å²) in [4.78, 5) is 40.1. The number of hydrogen-bond acceptors (Lipinski definition) is 5. The van der Waals surface area contributed by atoms with Gasteiger partial charge in [-0.15, -0.1) is 0 Å². The highest BCUT2D eigenvalue weighted by Crippen LogP contribution is 2.51. The van der Waals surface area contributed by atoms with E-state index in [9.17, 15) is 27.6 Å². The summed E-state index contributed by atoms with van der Waals surface area (Å²) in [7, 11) is 1.32. The van der Waals surface area contributed by atoms with E-state index in [1.807, 2.05) is 12.2 Å². The molecule has 2 aromatic rings. The molecule has 4 amide bonds. The van der Waals surface area contributed by atoms with E-state index in [-0.39, 0.29) is 23.8 Å². The summed E-state index contributed by atoms with van der Waals surface area (Å²) in [5.41, 5.74) is 0.373. The zero-order chi connectivity index (χ0) is 30.2. The number of carbonyl (C=O) groups is 3. The van der Waals surface area contributed by atoms with Crippen LogP contribution in [-0.4, -0.2) is 71.0 Å². The molecule has 1 aliphatic heterocycles. The lowest BCUT2D eigenvalue weighted by Gasteiger charge is -2.28. The number of carbonyl (C=O) groups excluding carboxylic acids is 3. The zero-order valence-electron chi connectivity index (χ0n) is 23.3. The maximum atomic E-state index is 15.4. The summed E-state index contributed by atoms with van der Waals surface area (Å²) in [6.45, 7) is 1.49. The molecule has 0 unspecified atom stereocenters. The molecule has 1 aromatic carbocycles. The normalized spacial score (nSPS) is 20.4. The van der Waals surface area contributed by atoms with E-state index in [0.717, 1.165) is 36.6 Å². The number of nitrogens with zero attached hydrogens (tertiary/aromatic N) is 3. The van der Waals surface area contributed by atoms with Crippen LogP contribution in [0.2, 0.25) is 0 Å². The molecule has 0 bridgehead atoms. The number of hydrogen-bond donors (Lipinski definition) is 3. The van der Waals surface area contributed by atoms with E-state index in [1.165, 1.54) is 30.1 Å². The Labute approximate surface area is 240 Å². The van der Waals surface area contributed by atoms with Crippen molar-refractivity contribution in [3.05, 3.63) is 47.5 Å². The van der Waals surface area contributed by atoms with Crippen molar-refractivity contribution in [1.29, 1.82) is 0 Å². The standard InChI is InChI=1S/C28H34F4N6O4/c1-3-38-20(10-11-33-38)25(39)36-24(23(15-4-5-15)16-6-7-16)26(40)34-19-9-8-17(12-18(19)29)21(14-42-2)37-13-22(28(30,31)32)35-27(37)41/h8-12,15-16,21-24H,3-7,13-14H2,1-2H3,(H,34,40)(H,35,41)(H,36,39)/t21-,22-,24+/m0/s1. The van der Waals surface area contributed by atoms with Crippen LogP contribution in [0.5, 0.6) is 0 Å². The van der Waals surface area contributed by atoms with E-state index in [2.05, 4.69) is 15.7 Å². The lowest BCUT2D eigenvalue weighted by atomic mass is 9.88. The van der Waals surface area contributed by atoms with Crippen molar-refractivity contribution in [2.75, 3.05) is 25.6 Å². The van der Waals surface area contributed by atoms with Gasteiger partial charge in [0.1, 0.15) is 23.6 Å². The first-order chi connectivity index (χ1) is 20.0. The highest BCUT2D eigenvalue weighted by Gasteiger charge is 2.50. The Balaban J connectivity index is 1.35. The molecule has 1 aromatic heterocycles. The van der Waals surface area contributed by atoms with Gasteiger partial charge in [0, 0.05) is 19.9 Å². The van der Waals surface area contributed by atoms with Gasteiger partial charge in [0.05, 0.1) is 24.9 Å². The van der Waals surface area contributed by atoms with E-state index < -0.39 is 54.5 Å². The topological polar surface area (TPSA) is 118 Å². The van der Waals surface area contributed by atoms with Crippen molar-refractivity contribution >= 4 is 23.5 Å². The van der Waals surface area contributed by atoms with E-state index in [4.69, 9.17) is 4.74 Å². The molecule has 1 saturated heterocycles. The van der Waals surface area contributed by atoms with Crippen molar-refractivity contribution in [3.8, 4) is 0 Å². The zero-order valence-corrected chi connectivity index (χ0v) is 23.3. The predicted molar refractivity (Wildman–Crippen MR) is 143 cm³/mol. The Morgan fingerprint density at radius 3 is 2.40 bits per heavy atom. The Morgan fingerprint density at radius 1 is 1.17 bits per heavy atom. The number of aromatic nitrogens is 2. The van der Waals surface area contributed by atoms with Crippen LogP contribution in [0, 0.1) is 23.6 Å². The second-order valence-electron chi connectivity index (χ2n) is 11.1. The summed E-state index contributed by atoms with van der Waals surface area (Å²) in [5, 5.41) is 11.5. The first kappa shape index (κ1) is 29.8. The third-order valence-corrected chi connectivity index (χ3v) is 8.20. The van der Waals surface area contributed by atoms with Gasteiger partial charge in [0.2, 0.25) is 5.91 Å². The van der Waals surface area contributed by atoms with Crippen molar-refractivity contribution in [3.63, 3.8) is 0 Å². The summed E-state index contributed by atoms with van der Waals surface area (Å²) in [5.74, 6) is -1.34. The summed E-state index contributed by atoms with van der Waals surface area (Å²) >= 11 is 0. The quantitative estimate of drug-likeness (QED) is 0.323. The number of urea groups is 1. The van der Waals surface area contributed by atoms with Crippen molar-refractivity contribution in [1.82, 2.24) is 25.3 Å². The van der Waals surface area contributed by atoms with Gasteiger partial charge in [-0.05, 0) is 74.1 Å². The molecule has 3 atom stereocenters. The molecule has 228 valence electrons. The minimum Gasteiger partial charge on any atom is -0.382 e. The maximum Gasteiger partial charge on any atom is 0.410 e. The van der Waals surface area contributed by atoms with Gasteiger partial charge in [0.15, 0.2) is 0 Å². The van der Waals surface area contributed by atoms with Gasteiger partial charge in [-0.1, -0.05) is 6.07 Å². The summed E-state index contributed by atoms with van der Waals surface area (Å²) in [6.07, 6.45) is 0.694. The molecule has 42 heavy (non-hydrogen) atoms. The molecule has 2 heterocycles. The Morgan fingerprint density at radius 2 is 1.86 bits per heavy atom. The number of benzene rings is 1. The van der Waals surface area contributed by atoms with Gasteiger partial charge < -0.3 is 25.6 Å². The molecule has 3 N–H and O–H groups in total. The third kappa shape index (κ3) is 6.37. The number of methoxy groups -OCH3 is 1. The minimum absolute atomic E-state index is 0.0874. The van der Waals surface area contributed by atoms with Gasteiger partial charge in [0.25, 0.3) is 5.91 Å². The van der Waals surface area contributed by atoms with Crippen LogP contribution in [0.4, 0.5) is 28.0 Å². The Kier molecular flexibility index (Phi) is 8.44. The SMILES string of the molecule is CCn1nccc1C(=O)N[C@@H](C(=O)Nc1ccc([C@H](COC)N2C[C@@H](C(F)(F)F)NC2=O)cc1F)C(C1CC1)C1CC1. The van der Waals surface area contributed by atoms with Crippen molar-refractivity contribution < 1.29 is 36.7 Å². The van der Waals surface area contributed by atoms with E-state index in [1.54, 1.807) is 6.07 Å². The number of rotatable bonds is 12. The predicted octanol–water partition coefficient (Wildman–Crippen LogP) is 3.86. The smallest absolute Gasteiger partial charge is 0.382 e. The second kappa shape index (κ2) is 11.9. The first-order valence-corrected chi connectivity index (χ1v) is 14.1. The second-order valence-corrected chi connectivity index (χ2v) is 11.1. The molecule has 0 radical (unpaired) electrons. The molecule has 3 aliphatic rings. The number of aryl methyl sites for hydroxylation is 1. The van der Waals surface area contributed by atoms with E-state index in [0.29, 0.717) is 24.1 Å². The molecule has 10 nitrogen and oxygen atoms in total. The van der Waals surface area contributed by atoms with E-state index >= 15 is 4.39 Å². The minimum atomic E-state index is -4.64. The summed E-state index contributed by atoms with van der Waals surface area (Å²) in [6, 6.07) is 0.492. The lowest BCUT2D eigenvalue weighted by molar-refractivity contribution is -0.150. The van der Waals surface area contributed by atoms with Crippen LogP contribution in [-0.2, 0) is 16.1 Å². The third-order valence-electron chi connectivity index (χ3n) is 8.20. The number of anilines is 1. The van der Waals surface area contributed by atoms with Crippen molar-refractivity contribution in [2.45, 2.75) is 63.5 Å². The van der Waals surface area contributed by atoms with Crippen LogP contribution in [0.15, 0.2) is 30.5 Å². The number of halogens is 4. The highest BCUT2D eigenvalue weighted by atomic mass is 19.4. The number of alkyl halides is 3. The van der Waals surface area contributed by atoms with Crippen LogP contribution in [0.1, 0.15) is 54.7 Å². The van der Waals surface area contributed by atoms with Gasteiger partial charge >= 0.3 is 12.2 Å². The molecule has 5 rings (SSSR count). The summed E-state index contributed by atoms with van der Waals surface area (Å²) < 4.78 is 61.7. The van der Waals surface area contributed by atoms with Gasteiger partial charge in [-0.2, -0.15) is 18.3 Å². The van der Waals surface area contributed by atoms with Crippen LogP contribution in [0.3, 0.4) is 0 Å². The average Bonchev–Trinajstić information content (AvgIpc) is 3.87. The fourth-order valence-corrected chi connectivity index (χ4v) is 5.81. The van der Waals surface area contributed by atoms with Gasteiger partial charge in [-0.3, -0.25) is 14.3 Å². The number of amides is 4. The lowest BCUT2D eigenvalue weighted by Crippen LogP contribution is -2.50. The number of ether oxygens (including phenoxy) is 1. The molecular weight excluding hydrogens is 560 g/mol. The first-order valence-electron chi connectivity index (χ1n) is 14.1. The van der Waals surface area contributed by atoms with Crippen LogP contribution >= 0.6 is 0 Å².